The Bertz CT molecular complexity index is 1110. The molecular weight excluding hydrogens is 416 g/mol. The van der Waals surface area contributed by atoms with Gasteiger partial charge in [0.1, 0.15) is 5.75 Å². The Morgan fingerprint density at radius 2 is 2.03 bits per heavy atom. The lowest BCUT2D eigenvalue weighted by atomic mass is 10.1. The molecule has 1 aliphatic heterocycles. The van der Waals surface area contributed by atoms with Gasteiger partial charge in [-0.25, -0.2) is 4.98 Å². The van der Waals surface area contributed by atoms with Crippen molar-refractivity contribution in [3.05, 3.63) is 71.3 Å². The van der Waals surface area contributed by atoms with Crippen LogP contribution in [0.5, 0.6) is 5.75 Å². The zero-order chi connectivity index (χ0) is 22.0. The van der Waals surface area contributed by atoms with Gasteiger partial charge in [0.05, 0.1) is 30.7 Å². The molecular formula is C23H23ClN4O3. The number of amides is 2. The summed E-state index contributed by atoms with van der Waals surface area (Å²) >= 11 is 5.92. The van der Waals surface area contributed by atoms with Crippen molar-refractivity contribution in [2.24, 2.45) is 5.92 Å². The van der Waals surface area contributed by atoms with Crippen LogP contribution in [-0.2, 0) is 16.1 Å². The molecule has 3 aromatic rings. The summed E-state index contributed by atoms with van der Waals surface area (Å²) in [5.74, 6) is 0.0609. The van der Waals surface area contributed by atoms with Gasteiger partial charge in [0.2, 0.25) is 11.8 Å². The summed E-state index contributed by atoms with van der Waals surface area (Å²) in [5.41, 5.74) is 3.26. The molecule has 1 fully saturated rings. The van der Waals surface area contributed by atoms with Gasteiger partial charge < -0.3 is 19.5 Å². The summed E-state index contributed by atoms with van der Waals surface area (Å²) < 4.78 is 7.28. The van der Waals surface area contributed by atoms with Crippen LogP contribution in [0.4, 0.5) is 5.69 Å². The molecule has 160 valence electrons. The van der Waals surface area contributed by atoms with Crippen molar-refractivity contribution in [1.82, 2.24) is 14.5 Å². The van der Waals surface area contributed by atoms with Crippen molar-refractivity contribution in [2.75, 3.05) is 19.0 Å². The predicted octanol–water partition coefficient (Wildman–Crippen LogP) is 3.83. The van der Waals surface area contributed by atoms with E-state index in [0.717, 1.165) is 16.9 Å². The fraction of sp³-hybridized carbons (Fsp3) is 0.261. The van der Waals surface area contributed by atoms with Crippen LogP contribution in [-0.4, -0.2) is 39.9 Å². The average molecular weight is 439 g/mol. The Kier molecular flexibility index (Phi) is 5.95. The third-order valence-electron chi connectivity index (χ3n) is 5.31. The van der Waals surface area contributed by atoms with E-state index in [1.807, 2.05) is 35.9 Å². The van der Waals surface area contributed by atoms with Crippen LogP contribution in [0.15, 0.2) is 55.0 Å². The minimum absolute atomic E-state index is 0.0283. The number of aryl methyl sites for hydroxylation is 1. The predicted molar refractivity (Wildman–Crippen MR) is 118 cm³/mol. The summed E-state index contributed by atoms with van der Waals surface area (Å²) in [7, 11) is 1.60. The lowest BCUT2D eigenvalue weighted by Crippen LogP contribution is -2.28. The molecule has 1 unspecified atom stereocenters. The summed E-state index contributed by atoms with van der Waals surface area (Å²) in [6, 6.07) is 12.8. The molecule has 31 heavy (non-hydrogen) atoms. The van der Waals surface area contributed by atoms with Gasteiger partial charge in [-0.15, -0.1) is 0 Å². The fourth-order valence-electron chi connectivity index (χ4n) is 3.68. The highest BCUT2D eigenvalue weighted by Gasteiger charge is 2.34. The van der Waals surface area contributed by atoms with Crippen molar-refractivity contribution in [1.29, 1.82) is 0 Å². The molecule has 8 heteroatoms. The molecule has 1 aromatic heterocycles. The van der Waals surface area contributed by atoms with Gasteiger partial charge >= 0.3 is 0 Å². The zero-order valence-electron chi connectivity index (χ0n) is 17.3. The smallest absolute Gasteiger partial charge is 0.229 e. The minimum Gasteiger partial charge on any atom is -0.495 e. The monoisotopic (exact) mass is 438 g/mol. The Labute approximate surface area is 185 Å². The highest BCUT2D eigenvalue weighted by molar-refractivity contribution is 6.30. The molecule has 2 amide bonds. The molecule has 1 N–H and O–H groups in total. The fourth-order valence-corrected chi connectivity index (χ4v) is 3.80. The quantitative estimate of drug-likeness (QED) is 0.634. The van der Waals surface area contributed by atoms with Gasteiger partial charge in [0.15, 0.2) is 0 Å². The number of hydrogen-bond donors (Lipinski definition) is 1. The second-order valence-electron chi connectivity index (χ2n) is 7.60. The highest BCUT2D eigenvalue weighted by Crippen LogP contribution is 2.28. The van der Waals surface area contributed by atoms with E-state index in [1.54, 1.807) is 42.6 Å². The number of likely N-dealkylation sites (tertiary alicyclic amines) is 1. The molecule has 1 atom stereocenters. The summed E-state index contributed by atoms with van der Waals surface area (Å²) in [4.78, 5) is 31.2. The van der Waals surface area contributed by atoms with E-state index in [1.165, 1.54) is 0 Å². The van der Waals surface area contributed by atoms with Crippen molar-refractivity contribution >= 4 is 29.1 Å². The first-order valence-electron chi connectivity index (χ1n) is 9.95. The molecule has 0 aliphatic carbocycles. The molecule has 0 spiro atoms. The van der Waals surface area contributed by atoms with E-state index >= 15 is 0 Å². The van der Waals surface area contributed by atoms with Crippen LogP contribution in [0, 0.1) is 12.8 Å². The zero-order valence-corrected chi connectivity index (χ0v) is 18.1. The number of carbonyl (C=O) groups excluding carboxylic acids is 2. The van der Waals surface area contributed by atoms with Crippen molar-refractivity contribution in [3.8, 4) is 11.4 Å². The third-order valence-corrected chi connectivity index (χ3v) is 5.56. The van der Waals surface area contributed by atoms with Gasteiger partial charge in [-0.2, -0.15) is 0 Å². The Balaban J connectivity index is 1.44. The second-order valence-corrected chi connectivity index (χ2v) is 8.04. The molecule has 2 heterocycles. The molecule has 4 rings (SSSR count). The maximum atomic E-state index is 12.9. The molecule has 2 aromatic carbocycles. The number of methoxy groups -OCH3 is 1. The first-order valence-corrected chi connectivity index (χ1v) is 10.3. The Hall–Kier alpha value is -3.32. The number of imidazole rings is 1. The van der Waals surface area contributed by atoms with Gasteiger partial charge in [-0.3, -0.25) is 9.59 Å². The SMILES string of the molecule is COc1ccc(NC(=O)C2CC(=O)N(Cc3ccc(Cl)cc3)C2)cc1-n1cnc(C)c1. The van der Waals surface area contributed by atoms with Gasteiger partial charge in [-0.1, -0.05) is 23.7 Å². The maximum Gasteiger partial charge on any atom is 0.229 e. The van der Waals surface area contributed by atoms with Gasteiger partial charge in [0, 0.05) is 36.4 Å². The molecule has 7 nitrogen and oxygen atoms in total. The van der Waals surface area contributed by atoms with Gasteiger partial charge in [0.25, 0.3) is 0 Å². The van der Waals surface area contributed by atoms with E-state index in [0.29, 0.717) is 29.5 Å². The van der Waals surface area contributed by atoms with Crippen LogP contribution in [0.1, 0.15) is 17.7 Å². The van der Waals surface area contributed by atoms with Crippen LogP contribution < -0.4 is 10.1 Å². The van der Waals surface area contributed by atoms with Crippen LogP contribution >= 0.6 is 11.6 Å². The number of nitrogens with zero attached hydrogens (tertiary/aromatic N) is 3. The van der Waals surface area contributed by atoms with Crippen LogP contribution in [0.2, 0.25) is 5.02 Å². The van der Waals surface area contributed by atoms with E-state index in [-0.39, 0.29) is 18.2 Å². The first kappa shape index (κ1) is 20.9. The number of halogens is 1. The van der Waals surface area contributed by atoms with Crippen LogP contribution in [0.3, 0.4) is 0 Å². The maximum absolute atomic E-state index is 12.9. The van der Waals surface area contributed by atoms with E-state index in [2.05, 4.69) is 10.3 Å². The van der Waals surface area contributed by atoms with Crippen molar-refractivity contribution in [2.45, 2.75) is 19.9 Å². The van der Waals surface area contributed by atoms with Crippen molar-refractivity contribution < 1.29 is 14.3 Å². The second kappa shape index (κ2) is 8.81. The average Bonchev–Trinajstić information content (AvgIpc) is 3.35. The van der Waals surface area contributed by atoms with Gasteiger partial charge in [-0.05, 0) is 42.8 Å². The Morgan fingerprint density at radius 3 is 2.71 bits per heavy atom. The number of aromatic nitrogens is 2. The minimum atomic E-state index is -0.402. The first-order chi connectivity index (χ1) is 14.9. The molecule has 0 bridgehead atoms. The number of nitrogens with one attached hydrogen (secondary N) is 1. The lowest BCUT2D eigenvalue weighted by Gasteiger charge is -2.17. The summed E-state index contributed by atoms with van der Waals surface area (Å²) in [6.07, 6.45) is 3.78. The number of ether oxygens (including phenoxy) is 1. The Morgan fingerprint density at radius 1 is 1.26 bits per heavy atom. The van der Waals surface area contributed by atoms with E-state index in [9.17, 15) is 9.59 Å². The van der Waals surface area contributed by atoms with E-state index in [4.69, 9.17) is 16.3 Å². The largest absolute Gasteiger partial charge is 0.495 e. The third kappa shape index (κ3) is 4.72. The molecule has 0 radical (unpaired) electrons. The van der Waals surface area contributed by atoms with Crippen molar-refractivity contribution in [3.63, 3.8) is 0 Å². The topological polar surface area (TPSA) is 76.5 Å². The normalized spacial score (nSPS) is 15.9. The summed E-state index contributed by atoms with van der Waals surface area (Å²) in [5, 5.41) is 3.59. The number of carbonyl (C=O) groups is 2. The molecule has 1 aliphatic rings. The summed E-state index contributed by atoms with van der Waals surface area (Å²) in [6.45, 7) is 2.75. The van der Waals surface area contributed by atoms with Crippen LogP contribution in [0.25, 0.3) is 5.69 Å². The number of hydrogen-bond acceptors (Lipinski definition) is 4. The molecule has 1 saturated heterocycles. The number of benzene rings is 2. The molecule has 0 saturated carbocycles. The highest BCUT2D eigenvalue weighted by atomic mass is 35.5. The number of rotatable bonds is 6. The number of anilines is 1. The lowest BCUT2D eigenvalue weighted by molar-refractivity contribution is -0.128. The standard InChI is InChI=1S/C23H23ClN4O3/c1-15-11-28(14-25-15)20-10-19(7-8-21(20)31-2)26-23(30)17-9-22(29)27(13-17)12-16-3-5-18(24)6-4-16/h3-8,10-11,14,17H,9,12-13H2,1-2H3,(H,26,30). The van der Waals surface area contributed by atoms with E-state index < -0.39 is 5.92 Å².